The van der Waals surface area contributed by atoms with E-state index in [-0.39, 0.29) is 29.8 Å². The Balaban J connectivity index is 1.58. The van der Waals surface area contributed by atoms with E-state index in [9.17, 15) is 9.59 Å². The molecule has 3 atom stereocenters. The molecule has 34 heavy (non-hydrogen) atoms. The summed E-state index contributed by atoms with van der Waals surface area (Å²) in [6, 6.07) is 3.78. The van der Waals surface area contributed by atoms with Crippen LogP contribution in [-0.2, 0) is 14.3 Å². The van der Waals surface area contributed by atoms with Gasteiger partial charge in [0.1, 0.15) is 15.8 Å². The molecule has 8 nitrogen and oxygen atoms in total. The van der Waals surface area contributed by atoms with Crippen molar-refractivity contribution < 1.29 is 14.3 Å². The number of pyridine rings is 1. The number of aryl methyl sites for hydroxylation is 1. The fraction of sp³-hybridized carbons (Fsp3) is 0.500. The van der Waals surface area contributed by atoms with Gasteiger partial charge in [-0.05, 0) is 51.3 Å². The van der Waals surface area contributed by atoms with Crippen molar-refractivity contribution in [2.45, 2.75) is 51.9 Å². The number of hydrogen-bond acceptors (Lipinski definition) is 8. The predicted molar refractivity (Wildman–Crippen MR) is 137 cm³/mol. The van der Waals surface area contributed by atoms with Crippen molar-refractivity contribution in [3.8, 4) is 0 Å². The van der Waals surface area contributed by atoms with E-state index in [4.69, 9.17) is 26.7 Å². The standard InChI is InChI=1S/C24H28N4O4S2/c1-14-6-7-20-25-21(26-11-15(2)32-16(3)12-26)18(22(29)27(20)10-14)9-19-23(30)28(24(33)34-19)13-17-5-4-8-31-17/h6-7,9-10,15-17H,4-5,8,11-13H2,1-3H3/b19-9-/t15-,16-,17+/m0/s1. The van der Waals surface area contributed by atoms with Crippen molar-refractivity contribution in [2.75, 3.05) is 31.1 Å². The molecule has 0 bridgehead atoms. The number of aromatic nitrogens is 2. The molecular formula is C24H28N4O4S2. The van der Waals surface area contributed by atoms with Crippen LogP contribution in [0.3, 0.4) is 0 Å². The van der Waals surface area contributed by atoms with Gasteiger partial charge in [0.05, 0.1) is 35.3 Å². The van der Waals surface area contributed by atoms with Crippen molar-refractivity contribution in [1.29, 1.82) is 0 Å². The molecule has 5 rings (SSSR count). The minimum Gasteiger partial charge on any atom is -0.376 e. The average molecular weight is 501 g/mol. The Morgan fingerprint density at radius 2 is 2.00 bits per heavy atom. The molecule has 0 spiro atoms. The van der Waals surface area contributed by atoms with Crippen LogP contribution in [0.2, 0.25) is 0 Å². The fourth-order valence-electron chi connectivity index (χ4n) is 4.75. The first kappa shape index (κ1) is 23.5. The molecule has 0 aromatic carbocycles. The van der Waals surface area contributed by atoms with Gasteiger partial charge in [0.25, 0.3) is 11.5 Å². The Labute approximate surface area is 207 Å². The summed E-state index contributed by atoms with van der Waals surface area (Å²) >= 11 is 6.73. The van der Waals surface area contributed by atoms with Crippen molar-refractivity contribution in [3.63, 3.8) is 0 Å². The number of rotatable bonds is 4. The summed E-state index contributed by atoms with van der Waals surface area (Å²) in [6.45, 7) is 8.33. The molecular weight excluding hydrogens is 472 g/mol. The van der Waals surface area contributed by atoms with Crippen LogP contribution in [0, 0.1) is 6.92 Å². The van der Waals surface area contributed by atoms with Gasteiger partial charge in [0.15, 0.2) is 0 Å². The molecule has 0 aliphatic carbocycles. The zero-order valence-corrected chi connectivity index (χ0v) is 21.2. The van der Waals surface area contributed by atoms with Crippen LogP contribution >= 0.6 is 24.0 Å². The summed E-state index contributed by atoms with van der Waals surface area (Å²) in [5.74, 6) is 0.383. The van der Waals surface area contributed by atoms with Crippen molar-refractivity contribution in [3.05, 3.63) is 44.7 Å². The Bertz CT molecular complexity index is 1230. The van der Waals surface area contributed by atoms with E-state index in [0.717, 1.165) is 18.4 Å². The lowest BCUT2D eigenvalue weighted by molar-refractivity contribution is -0.123. The minimum atomic E-state index is -0.208. The highest BCUT2D eigenvalue weighted by Gasteiger charge is 2.35. The molecule has 0 saturated carbocycles. The second-order valence-electron chi connectivity index (χ2n) is 9.18. The first-order chi connectivity index (χ1) is 16.3. The first-order valence-electron chi connectivity index (χ1n) is 11.6. The molecule has 3 aliphatic rings. The number of fused-ring (bicyclic) bond motifs is 1. The number of carbonyl (C=O) groups excluding carboxylic acids is 1. The molecule has 3 aliphatic heterocycles. The van der Waals surface area contributed by atoms with E-state index >= 15 is 0 Å². The van der Waals surface area contributed by atoms with E-state index in [1.54, 1.807) is 21.6 Å². The van der Waals surface area contributed by atoms with Gasteiger partial charge in [0.2, 0.25) is 0 Å². The highest BCUT2D eigenvalue weighted by Crippen LogP contribution is 2.34. The topological polar surface area (TPSA) is 76.4 Å². The van der Waals surface area contributed by atoms with Crippen LogP contribution in [-0.4, -0.2) is 69.1 Å². The number of thiocarbonyl (C=S) groups is 1. The Kier molecular flexibility index (Phi) is 6.49. The Morgan fingerprint density at radius 3 is 2.71 bits per heavy atom. The predicted octanol–water partition coefficient (Wildman–Crippen LogP) is 3.00. The van der Waals surface area contributed by atoms with E-state index in [1.165, 1.54) is 11.8 Å². The number of ether oxygens (including phenoxy) is 2. The highest BCUT2D eigenvalue weighted by atomic mass is 32.2. The molecule has 2 aromatic heterocycles. The summed E-state index contributed by atoms with van der Waals surface area (Å²) in [5.41, 5.74) is 1.70. The van der Waals surface area contributed by atoms with Crippen molar-refractivity contribution in [2.24, 2.45) is 0 Å². The van der Waals surface area contributed by atoms with E-state index in [1.807, 2.05) is 32.9 Å². The van der Waals surface area contributed by atoms with E-state index < -0.39 is 0 Å². The molecule has 1 amide bonds. The van der Waals surface area contributed by atoms with Crippen LogP contribution in [0.4, 0.5) is 5.82 Å². The van der Waals surface area contributed by atoms with Crippen LogP contribution in [0.25, 0.3) is 11.7 Å². The van der Waals surface area contributed by atoms with Crippen molar-refractivity contribution in [1.82, 2.24) is 14.3 Å². The second-order valence-corrected chi connectivity index (χ2v) is 10.9. The SMILES string of the molecule is Cc1ccc2nc(N3C[C@H](C)O[C@@H](C)C3)c(/C=C3\SC(=S)N(C[C@H]4CCCO4)C3=O)c(=O)n2c1. The third kappa shape index (κ3) is 4.51. The summed E-state index contributed by atoms with van der Waals surface area (Å²) in [4.78, 5) is 35.9. The maximum absolute atomic E-state index is 13.7. The summed E-state index contributed by atoms with van der Waals surface area (Å²) < 4.78 is 13.6. The van der Waals surface area contributed by atoms with Gasteiger partial charge in [-0.3, -0.25) is 18.9 Å². The Morgan fingerprint density at radius 1 is 1.24 bits per heavy atom. The number of carbonyl (C=O) groups is 1. The maximum Gasteiger partial charge on any atom is 0.267 e. The minimum absolute atomic E-state index is 0.000471. The molecule has 5 heterocycles. The number of hydrogen-bond donors (Lipinski definition) is 0. The lowest BCUT2D eigenvalue weighted by Gasteiger charge is -2.36. The fourth-order valence-corrected chi connectivity index (χ4v) is 6.00. The Hall–Kier alpha value is -2.27. The number of morpholine rings is 1. The normalized spacial score (nSPS) is 26.9. The molecule has 0 radical (unpaired) electrons. The third-order valence-corrected chi connectivity index (χ3v) is 7.64. The molecule has 2 aromatic rings. The average Bonchev–Trinajstić information content (AvgIpc) is 3.39. The number of anilines is 1. The van der Waals surface area contributed by atoms with Gasteiger partial charge < -0.3 is 14.4 Å². The summed E-state index contributed by atoms with van der Waals surface area (Å²) in [5, 5.41) is 0. The molecule has 3 fully saturated rings. The molecule has 3 saturated heterocycles. The van der Waals surface area contributed by atoms with E-state index in [2.05, 4.69) is 4.90 Å². The van der Waals surface area contributed by atoms with E-state index in [0.29, 0.717) is 52.5 Å². The smallest absolute Gasteiger partial charge is 0.267 e. The van der Waals surface area contributed by atoms with Crippen LogP contribution in [0.1, 0.15) is 37.8 Å². The van der Waals surface area contributed by atoms with Crippen LogP contribution in [0.15, 0.2) is 28.0 Å². The van der Waals surface area contributed by atoms with Gasteiger partial charge >= 0.3 is 0 Å². The van der Waals surface area contributed by atoms with Gasteiger partial charge in [-0.2, -0.15) is 0 Å². The second kappa shape index (κ2) is 9.41. The van der Waals surface area contributed by atoms with Crippen LogP contribution in [0.5, 0.6) is 0 Å². The number of nitrogens with zero attached hydrogens (tertiary/aromatic N) is 4. The van der Waals surface area contributed by atoms with Gasteiger partial charge in [-0.25, -0.2) is 4.98 Å². The van der Waals surface area contributed by atoms with Gasteiger partial charge in [-0.1, -0.05) is 30.0 Å². The summed E-state index contributed by atoms with van der Waals surface area (Å²) in [6.07, 6.45) is 5.36. The van der Waals surface area contributed by atoms with Gasteiger partial charge in [-0.15, -0.1) is 0 Å². The maximum atomic E-state index is 13.7. The van der Waals surface area contributed by atoms with Crippen LogP contribution < -0.4 is 10.5 Å². The summed E-state index contributed by atoms with van der Waals surface area (Å²) in [7, 11) is 0. The largest absolute Gasteiger partial charge is 0.376 e. The zero-order chi connectivity index (χ0) is 24.0. The quantitative estimate of drug-likeness (QED) is 0.469. The highest BCUT2D eigenvalue weighted by molar-refractivity contribution is 8.26. The van der Waals surface area contributed by atoms with Gasteiger partial charge in [0, 0.05) is 25.9 Å². The number of amides is 1. The lowest BCUT2D eigenvalue weighted by atomic mass is 10.1. The third-order valence-electron chi connectivity index (χ3n) is 6.26. The zero-order valence-electron chi connectivity index (χ0n) is 19.5. The molecule has 0 N–H and O–H groups in total. The van der Waals surface area contributed by atoms with Crippen molar-refractivity contribution >= 4 is 51.7 Å². The molecule has 0 unspecified atom stereocenters. The first-order valence-corrected chi connectivity index (χ1v) is 12.8. The lowest BCUT2D eigenvalue weighted by Crippen LogP contribution is -2.46. The molecule has 180 valence electrons. The molecule has 10 heteroatoms. The monoisotopic (exact) mass is 500 g/mol. The number of thioether (sulfide) groups is 1.